The summed E-state index contributed by atoms with van der Waals surface area (Å²) in [6.45, 7) is 3.59. The van der Waals surface area contributed by atoms with Crippen LogP contribution in [0, 0.1) is 0 Å². The Bertz CT molecular complexity index is 544. The molecule has 0 unspecified atom stereocenters. The van der Waals surface area contributed by atoms with Crippen LogP contribution in [-0.4, -0.2) is 72.6 Å². The Labute approximate surface area is 180 Å². The van der Waals surface area contributed by atoms with Crippen LogP contribution in [0.15, 0.2) is 23.2 Å². The van der Waals surface area contributed by atoms with Gasteiger partial charge in [-0.05, 0) is 25.0 Å². The van der Waals surface area contributed by atoms with E-state index in [-0.39, 0.29) is 24.0 Å². The monoisotopic (exact) mass is 495 g/mol. The first kappa shape index (κ1) is 25.7. The number of hydrogen-bond donors (Lipinski definition) is 1. The van der Waals surface area contributed by atoms with Crippen molar-refractivity contribution >= 4 is 29.9 Å². The van der Waals surface area contributed by atoms with Crippen molar-refractivity contribution in [3.05, 3.63) is 23.8 Å². The third-order valence-corrected chi connectivity index (χ3v) is 3.91. The van der Waals surface area contributed by atoms with Gasteiger partial charge in [0.15, 0.2) is 5.96 Å². The molecule has 0 radical (unpaired) electrons. The summed E-state index contributed by atoms with van der Waals surface area (Å²) >= 11 is 0. The highest BCUT2D eigenvalue weighted by molar-refractivity contribution is 14.0. The topological polar surface area (TPSA) is 64.6 Å². The number of aliphatic imine (C=N–C) groups is 1. The molecule has 0 atom stereocenters. The second kappa shape index (κ2) is 15.8. The standard InChI is InChI=1S/C19H33N3O4.HI/c1-20-19(21-10-6-7-11-26-13-12-23-3)22(2)15-16-8-9-17(24-4)14-18(16)25-5;/h8-9,14H,6-7,10-13,15H2,1-5H3,(H,20,21);1H. The van der Waals surface area contributed by atoms with Crippen LogP contribution in [-0.2, 0) is 16.0 Å². The van der Waals surface area contributed by atoms with E-state index in [4.69, 9.17) is 18.9 Å². The van der Waals surface area contributed by atoms with E-state index in [0.29, 0.717) is 19.8 Å². The lowest BCUT2D eigenvalue weighted by Crippen LogP contribution is -2.39. The van der Waals surface area contributed by atoms with Gasteiger partial charge in [-0.3, -0.25) is 4.99 Å². The van der Waals surface area contributed by atoms with Crippen LogP contribution in [0.3, 0.4) is 0 Å². The Morgan fingerprint density at radius 1 is 1.07 bits per heavy atom. The number of rotatable bonds is 12. The van der Waals surface area contributed by atoms with Gasteiger partial charge in [-0.1, -0.05) is 0 Å². The van der Waals surface area contributed by atoms with E-state index in [2.05, 4.69) is 15.2 Å². The van der Waals surface area contributed by atoms with Crippen LogP contribution in [0.5, 0.6) is 11.5 Å². The molecule has 0 saturated heterocycles. The van der Waals surface area contributed by atoms with Crippen molar-refractivity contribution in [3.8, 4) is 11.5 Å². The van der Waals surface area contributed by atoms with Crippen molar-refractivity contribution in [2.75, 3.05) is 61.8 Å². The van der Waals surface area contributed by atoms with E-state index in [9.17, 15) is 0 Å². The second-order valence-electron chi connectivity index (χ2n) is 5.82. The van der Waals surface area contributed by atoms with Gasteiger partial charge in [0.1, 0.15) is 11.5 Å². The van der Waals surface area contributed by atoms with E-state index in [1.165, 1.54) is 0 Å². The van der Waals surface area contributed by atoms with Gasteiger partial charge in [0, 0.05) is 52.5 Å². The summed E-state index contributed by atoms with van der Waals surface area (Å²) < 4.78 is 21.1. The first-order chi connectivity index (χ1) is 12.7. The molecule has 0 aliphatic carbocycles. The highest BCUT2D eigenvalue weighted by Gasteiger charge is 2.11. The molecule has 156 valence electrons. The van der Waals surface area contributed by atoms with Crippen LogP contribution >= 0.6 is 24.0 Å². The lowest BCUT2D eigenvalue weighted by Gasteiger charge is -2.23. The summed E-state index contributed by atoms with van der Waals surface area (Å²) in [5.74, 6) is 2.44. The number of guanidine groups is 1. The lowest BCUT2D eigenvalue weighted by molar-refractivity contribution is 0.0689. The maximum Gasteiger partial charge on any atom is 0.193 e. The van der Waals surface area contributed by atoms with Gasteiger partial charge in [0.25, 0.3) is 0 Å². The Morgan fingerprint density at radius 2 is 1.85 bits per heavy atom. The summed E-state index contributed by atoms with van der Waals surface area (Å²) in [6.07, 6.45) is 2.02. The van der Waals surface area contributed by atoms with Gasteiger partial charge < -0.3 is 29.2 Å². The van der Waals surface area contributed by atoms with E-state index in [1.54, 1.807) is 28.4 Å². The summed E-state index contributed by atoms with van der Waals surface area (Å²) in [4.78, 5) is 6.42. The van der Waals surface area contributed by atoms with Crippen LogP contribution in [0.2, 0.25) is 0 Å². The molecule has 0 heterocycles. The summed E-state index contributed by atoms with van der Waals surface area (Å²) in [5, 5.41) is 3.38. The fraction of sp³-hybridized carbons (Fsp3) is 0.632. The molecule has 1 rings (SSSR count). The molecular weight excluding hydrogens is 461 g/mol. The minimum Gasteiger partial charge on any atom is -0.497 e. The van der Waals surface area contributed by atoms with Crippen molar-refractivity contribution in [1.29, 1.82) is 0 Å². The molecule has 27 heavy (non-hydrogen) atoms. The molecule has 0 aliphatic heterocycles. The average Bonchev–Trinajstić information content (AvgIpc) is 2.67. The Hall–Kier alpha value is -1.26. The number of hydrogen-bond acceptors (Lipinski definition) is 5. The zero-order valence-electron chi connectivity index (χ0n) is 17.1. The molecule has 0 aliphatic rings. The first-order valence-corrected chi connectivity index (χ1v) is 8.85. The van der Waals surface area contributed by atoms with Crippen LogP contribution in [0.25, 0.3) is 0 Å². The van der Waals surface area contributed by atoms with Crippen LogP contribution in [0.4, 0.5) is 0 Å². The van der Waals surface area contributed by atoms with Crippen molar-refractivity contribution in [2.24, 2.45) is 4.99 Å². The molecule has 0 amide bonds. The minimum atomic E-state index is 0. The lowest BCUT2D eigenvalue weighted by atomic mass is 10.2. The molecule has 1 aromatic carbocycles. The number of methoxy groups -OCH3 is 3. The SMILES string of the molecule is CN=C(NCCCCOCCOC)N(C)Cc1ccc(OC)cc1OC.I. The van der Waals surface area contributed by atoms with E-state index in [1.807, 2.05) is 25.2 Å². The van der Waals surface area contributed by atoms with E-state index < -0.39 is 0 Å². The molecule has 7 nitrogen and oxygen atoms in total. The third-order valence-electron chi connectivity index (χ3n) is 3.91. The molecule has 1 N–H and O–H groups in total. The van der Waals surface area contributed by atoms with Gasteiger partial charge in [0.2, 0.25) is 0 Å². The van der Waals surface area contributed by atoms with Crippen LogP contribution in [0.1, 0.15) is 18.4 Å². The number of nitrogens with zero attached hydrogens (tertiary/aromatic N) is 2. The van der Waals surface area contributed by atoms with Gasteiger partial charge in [-0.2, -0.15) is 0 Å². The Morgan fingerprint density at radius 3 is 2.48 bits per heavy atom. The second-order valence-corrected chi connectivity index (χ2v) is 5.82. The average molecular weight is 495 g/mol. The van der Waals surface area contributed by atoms with Crippen molar-refractivity contribution in [1.82, 2.24) is 10.2 Å². The normalized spacial score (nSPS) is 10.9. The molecule has 0 fully saturated rings. The maximum absolute atomic E-state index is 5.47. The van der Waals surface area contributed by atoms with Gasteiger partial charge in [-0.25, -0.2) is 0 Å². The number of benzene rings is 1. The Kier molecular flexibility index (Phi) is 15.0. The quantitative estimate of drug-likeness (QED) is 0.208. The minimum absolute atomic E-state index is 0. The maximum atomic E-state index is 5.47. The summed E-state index contributed by atoms with van der Waals surface area (Å²) in [6, 6.07) is 5.84. The smallest absolute Gasteiger partial charge is 0.193 e. The number of unbranched alkanes of at least 4 members (excludes halogenated alkanes) is 1. The predicted molar refractivity (Wildman–Crippen MR) is 120 cm³/mol. The van der Waals surface area contributed by atoms with Gasteiger partial charge in [0.05, 0.1) is 27.4 Å². The van der Waals surface area contributed by atoms with Gasteiger partial charge in [-0.15, -0.1) is 24.0 Å². The third kappa shape index (κ3) is 10.0. The molecular formula is C19H34IN3O4. The molecule has 0 bridgehead atoms. The predicted octanol–water partition coefficient (Wildman–Crippen LogP) is 2.77. The van der Waals surface area contributed by atoms with Gasteiger partial charge >= 0.3 is 0 Å². The molecule has 0 saturated carbocycles. The van der Waals surface area contributed by atoms with E-state index in [0.717, 1.165) is 49.0 Å². The molecule has 0 spiro atoms. The summed E-state index contributed by atoms with van der Waals surface area (Å²) in [7, 11) is 8.79. The fourth-order valence-corrected chi connectivity index (χ4v) is 2.47. The molecule has 1 aromatic rings. The zero-order chi connectivity index (χ0) is 19.2. The van der Waals surface area contributed by atoms with Crippen LogP contribution < -0.4 is 14.8 Å². The zero-order valence-corrected chi connectivity index (χ0v) is 19.4. The number of nitrogens with one attached hydrogen (secondary N) is 1. The Balaban J connectivity index is 0.00000676. The summed E-state index contributed by atoms with van der Waals surface area (Å²) in [5.41, 5.74) is 1.07. The fourth-order valence-electron chi connectivity index (χ4n) is 2.47. The molecule has 0 aromatic heterocycles. The van der Waals surface area contributed by atoms with Crippen molar-refractivity contribution in [3.63, 3.8) is 0 Å². The first-order valence-electron chi connectivity index (χ1n) is 8.85. The highest BCUT2D eigenvalue weighted by atomic mass is 127. The number of halogens is 1. The largest absolute Gasteiger partial charge is 0.497 e. The highest BCUT2D eigenvalue weighted by Crippen LogP contribution is 2.25. The number of ether oxygens (including phenoxy) is 4. The molecule has 8 heteroatoms. The van der Waals surface area contributed by atoms with Crippen molar-refractivity contribution < 1.29 is 18.9 Å². The van der Waals surface area contributed by atoms with Crippen molar-refractivity contribution in [2.45, 2.75) is 19.4 Å². The van der Waals surface area contributed by atoms with E-state index >= 15 is 0 Å².